The van der Waals surface area contributed by atoms with Gasteiger partial charge in [0.05, 0.1) is 13.0 Å². The second-order valence-corrected chi connectivity index (χ2v) is 5.26. The first-order valence-corrected chi connectivity index (χ1v) is 7.43. The van der Waals surface area contributed by atoms with Gasteiger partial charge in [-0.15, -0.1) is 0 Å². The number of esters is 1. The van der Waals surface area contributed by atoms with E-state index in [1.165, 1.54) is 7.11 Å². The molecule has 4 nitrogen and oxygen atoms in total. The van der Waals surface area contributed by atoms with Crippen LogP contribution in [-0.2, 0) is 14.3 Å². The second kappa shape index (κ2) is 7.58. The lowest BCUT2D eigenvalue weighted by Crippen LogP contribution is -2.40. The Labute approximate surface area is 107 Å². The average Bonchev–Trinajstić information content (AvgIpc) is 2.38. The van der Waals surface area contributed by atoms with Crippen molar-refractivity contribution in [2.24, 2.45) is 5.92 Å². The molecule has 0 radical (unpaired) electrons. The number of hydrogen-bond acceptors (Lipinski definition) is 4. The zero-order chi connectivity index (χ0) is 12.7. The van der Waals surface area contributed by atoms with Gasteiger partial charge >= 0.3 is 5.97 Å². The van der Waals surface area contributed by atoms with Crippen LogP contribution in [0, 0.1) is 5.92 Å². The predicted octanol–water partition coefficient (Wildman–Crippen LogP) is 1.54. The number of amides is 1. The molecule has 0 aromatic carbocycles. The molecule has 0 spiro atoms. The minimum absolute atomic E-state index is 0.0183. The van der Waals surface area contributed by atoms with Crippen LogP contribution in [0.3, 0.4) is 0 Å². The van der Waals surface area contributed by atoms with Gasteiger partial charge in [-0.2, -0.15) is 11.8 Å². The summed E-state index contributed by atoms with van der Waals surface area (Å²) in [6, 6.07) is 0. The molecule has 0 aromatic rings. The Hall–Kier alpha value is -0.710. The highest BCUT2D eigenvalue weighted by molar-refractivity contribution is 7.98. The summed E-state index contributed by atoms with van der Waals surface area (Å²) in [6.45, 7) is 1.38. The van der Waals surface area contributed by atoms with Crippen molar-refractivity contribution >= 4 is 23.6 Å². The molecule has 1 fully saturated rings. The van der Waals surface area contributed by atoms with Crippen LogP contribution in [0.5, 0.6) is 0 Å². The van der Waals surface area contributed by atoms with Gasteiger partial charge in [-0.25, -0.2) is 0 Å². The van der Waals surface area contributed by atoms with E-state index in [1.54, 1.807) is 11.8 Å². The number of carbonyl (C=O) groups excluding carboxylic acids is 2. The highest BCUT2D eigenvalue weighted by Gasteiger charge is 2.27. The van der Waals surface area contributed by atoms with Crippen molar-refractivity contribution in [3.05, 3.63) is 0 Å². The summed E-state index contributed by atoms with van der Waals surface area (Å²) < 4.78 is 4.72. The summed E-state index contributed by atoms with van der Waals surface area (Å²) in [5.41, 5.74) is 0. The average molecular weight is 259 g/mol. The molecular weight excluding hydrogens is 238 g/mol. The molecule has 5 heteroatoms. The lowest BCUT2D eigenvalue weighted by molar-refractivity contribution is -0.148. The van der Waals surface area contributed by atoms with Crippen LogP contribution in [0.1, 0.15) is 25.7 Å². The van der Waals surface area contributed by atoms with E-state index in [-0.39, 0.29) is 17.8 Å². The van der Waals surface area contributed by atoms with Crippen molar-refractivity contribution < 1.29 is 14.3 Å². The Kier molecular flexibility index (Phi) is 6.40. The summed E-state index contributed by atoms with van der Waals surface area (Å²) in [6.07, 6.45) is 5.09. The van der Waals surface area contributed by atoms with E-state index in [1.807, 2.05) is 11.2 Å². The number of likely N-dealkylation sites (tertiary alicyclic amines) is 1. The number of piperidine rings is 1. The zero-order valence-corrected chi connectivity index (χ0v) is 11.4. The van der Waals surface area contributed by atoms with Gasteiger partial charge in [-0.05, 0) is 31.3 Å². The molecular formula is C12H21NO3S. The first-order chi connectivity index (χ1) is 8.19. The maximum Gasteiger partial charge on any atom is 0.308 e. The van der Waals surface area contributed by atoms with Gasteiger partial charge in [0.15, 0.2) is 0 Å². The molecule has 0 bridgehead atoms. The van der Waals surface area contributed by atoms with Gasteiger partial charge in [-0.3, -0.25) is 9.59 Å². The van der Waals surface area contributed by atoms with Crippen molar-refractivity contribution in [2.75, 3.05) is 32.2 Å². The third-order valence-corrected chi connectivity index (χ3v) is 3.82. The molecule has 0 aliphatic carbocycles. The Morgan fingerprint density at radius 1 is 1.35 bits per heavy atom. The lowest BCUT2D eigenvalue weighted by Gasteiger charge is -2.30. The topological polar surface area (TPSA) is 46.6 Å². The van der Waals surface area contributed by atoms with E-state index < -0.39 is 0 Å². The monoisotopic (exact) mass is 259 g/mol. The van der Waals surface area contributed by atoms with Crippen LogP contribution in [0.25, 0.3) is 0 Å². The lowest BCUT2D eigenvalue weighted by atomic mass is 9.97. The van der Waals surface area contributed by atoms with Crippen molar-refractivity contribution in [1.29, 1.82) is 0 Å². The zero-order valence-electron chi connectivity index (χ0n) is 10.6. The maximum atomic E-state index is 11.8. The second-order valence-electron chi connectivity index (χ2n) is 4.27. The van der Waals surface area contributed by atoms with Gasteiger partial charge in [-0.1, -0.05) is 0 Å². The number of carbonyl (C=O) groups is 2. The number of rotatable bonds is 5. The minimum Gasteiger partial charge on any atom is -0.469 e. The highest BCUT2D eigenvalue weighted by atomic mass is 32.2. The molecule has 1 saturated heterocycles. The first-order valence-electron chi connectivity index (χ1n) is 6.03. The molecule has 98 valence electrons. The molecule has 0 unspecified atom stereocenters. The van der Waals surface area contributed by atoms with E-state index >= 15 is 0 Å². The SMILES string of the molecule is COC(=O)C1CCN(C(=O)CCCSC)CC1. The van der Waals surface area contributed by atoms with E-state index in [2.05, 4.69) is 0 Å². The molecule has 0 atom stereocenters. The molecule has 1 aliphatic rings. The number of thioether (sulfide) groups is 1. The maximum absolute atomic E-state index is 11.8. The predicted molar refractivity (Wildman–Crippen MR) is 68.9 cm³/mol. The first kappa shape index (κ1) is 14.4. The van der Waals surface area contributed by atoms with Gasteiger partial charge in [0.1, 0.15) is 0 Å². The largest absolute Gasteiger partial charge is 0.469 e. The number of ether oxygens (including phenoxy) is 1. The third-order valence-electron chi connectivity index (χ3n) is 3.12. The van der Waals surface area contributed by atoms with Gasteiger partial charge in [0.25, 0.3) is 0 Å². The molecule has 0 saturated carbocycles. The minimum atomic E-state index is -0.139. The molecule has 1 rings (SSSR count). The molecule has 1 amide bonds. The Bertz CT molecular complexity index is 262. The number of hydrogen-bond donors (Lipinski definition) is 0. The van der Waals surface area contributed by atoms with Gasteiger partial charge < -0.3 is 9.64 Å². The standard InChI is InChI=1S/C12H21NO3S/c1-16-12(15)10-5-7-13(8-6-10)11(14)4-3-9-17-2/h10H,3-9H2,1-2H3. The Morgan fingerprint density at radius 2 is 2.00 bits per heavy atom. The fraction of sp³-hybridized carbons (Fsp3) is 0.833. The summed E-state index contributed by atoms with van der Waals surface area (Å²) in [7, 11) is 1.42. The van der Waals surface area contributed by atoms with E-state index in [0.717, 1.165) is 25.0 Å². The highest BCUT2D eigenvalue weighted by Crippen LogP contribution is 2.19. The van der Waals surface area contributed by atoms with Crippen molar-refractivity contribution in [2.45, 2.75) is 25.7 Å². The summed E-state index contributed by atoms with van der Waals surface area (Å²) >= 11 is 1.77. The van der Waals surface area contributed by atoms with E-state index in [4.69, 9.17) is 4.74 Å². The fourth-order valence-electron chi connectivity index (χ4n) is 2.06. The molecule has 0 N–H and O–H groups in total. The molecule has 1 heterocycles. The van der Waals surface area contributed by atoms with Crippen molar-refractivity contribution in [3.63, 3.8) is 0 Å². The van der Waals surface area contributed by atoms with Crippen LogP contribution in [-0.4, -0.2) is 49.0 Å². The van der Waals surface area contributed by atoms with Gasteiger partial charge in [0.2, 0.25) is 5.91 Å². The number of methoxy groups -OCH3 is 1. The smallest absolute Gasteiger partial charge is 0.308 e. The Balaban J connectivity index is 2.26. The quantitative estimate of drug-likeness (QED) is 0.555. The van der Waals surface area contributed by atoms with E-state index in [0.29, 0.717) is 19.5 Å². The molecule has 17 heavy (non-hydrogen) atoms. The molecule has 0 aromatic heterocycles. The normalized spacial score (nSPS) is 16.9. The van der Waals surface area contributed by atoms with Crippen LogP contribution >= 0.6 is 11.8 Å². The third kappa shape index (κ3) is 4.58. The van der Waals surface area contributed by atoms with E-state index in [9.17, 15) is 9.59 Å². The van der Waals surface area contributed by atoms with Crippen LogP contribution in [0.2, 0.25) is 0 Å². The summed E-state index contributed by atoms with van der Waals surface area (Å²) in [4.78, 5) is 25.0. The number of nitrogens with zero attached hydrogens (tertiary/aromatic N) is 1. The van der Waals surface area contributed by atoms with Gasteiger partial charge in [0, 0.05) is 19.5 Å². The van der Waals surface area contributed by atoms with Crippen molar-refractivity contribution in [1.82, 2.24) is 4.90 Å². The van der Waals surface area contributed by atoms with Crippen LogP contribution < -0.4 is 0 Å². The van der Waals surface area contributed by atoms with Crippen LogP contribution in [0.4, 0.5) is 0 Å². The fourth-order valence-corrected chi connectivity index (χ4v) is 2.49. The summed E-state index contributed by atoms with van der Waals surface area (Å²) in [5, 5.41) is 0. The molecule has 1 aliphatic heterocycles. The Morgan fingerprint density at radius 3 is 2.53 bits per heavy atom. The van der Waals surface area contributed by atoms with Crippen molar-refractivity contribution in [3.8, 4) is 0 Å². The summed E-state index contributed by atoms with van der Waals surface area (Å²) in [5.74, 6) is 1.10. The van der Waals surface area contributed by atoms with Crippen LogP contribution in [0.15, 0.2) is 0 Å².